The molecule has 2 amide bonds. The number of benzene rings is 3. The maximum Gasteiger partial charge on any atom is 0.240 e. The highest BCUT2D eigenvalue weighted by Crippen LogP contribution is 2.49. The van der Waals surface area contributed by atoms with E-state index in [2.05, 4.69) is 5.32 Å². The Kier molecular flexibility index (Phi) is 8.28. The van der Waals surface area contributed by atoms with Gasteiger partial charge in [0, 0.05) is 22.2 Å². The molecule has 1 aliphatic heterocycles. The molecule has 0 saturated heterocycles. The molecule has 5 rings (SSSR count). The molecule has 3 aromatic carbocycles. The van der Waals surface area contributed by atoms with Gasteiger partial charge in [0.1, 0.15) is 18.2 Å². The lowest BCUT2D eigenvalue weighted by Gasteiger charge is -2.25. The topological polar surface area (TPSA) is 67.2 Å². The summed E-state index contributed by atoms with van der Waals surface area (Å²) in [5, 5.41) is 8.24. The SMILES string of the molecule is CC(C)C(C)NC(=O)CN1C(=O)CSC(c2ccccc2Cl)c2c(-c3ccccc3)nn(-c3ccc(F)cc3)c21. The van der Waals surface area contributed by atoms with Crippen LogP contribution in [0, 0.1) is 11.7 Å². The summed E-state index contributed by atoms with van der Waals surface area (Å²) in [6, 6.07) is 23.1. The summed E-state index contributed by atoms with van der Waals surface area (Å²) in [5.41, 5.74) is 3.69. The second-order valence-corrected chi connectivity index (χ2v) is 11.6. The third kappa shape index (κ3) is 5.64. The van der Waals surface area contributed by atoms with E-state index in [1.807, 2.05) is 75.4 Å². The summed E-state index contributed by atoms with van der Waals surface area (Å²) in [4.78, 5) is 28.5. The predicted octanol–water partition coefficient (Wildman–Crippen LogP) is 6.66. The fraction of sp³-hybridized carbons (Fsp3) is 0.258. The van der Waals surface area contributed by atoms with E-state index in [1.54, 1.807) is 16.8 Å². The van der Waals surface area contributed by atoms with Crippen LogP contribution in [-0.4, -0.2) is 39.9 Å². The Balaban J connectivity index is 1.76. The van der Waals surface area contributed by atoms with Gasteiger partial charge in [-0.2, -0.15) is 5.10 Å². The summed E-state index contributed by atoms with van der Waals surface area (Å²) in [6.07, 6.45) is 0. The first kappa shape index (κ1) is 27.9. The summed E-state index contributed by atoms with van der Waals surface area (Å²) in [6.45, 7) is 5.82. The molecule has 1 aliphatic rings. The van der Waals surface area contributed by atoms with Crippen molar-refractivity contribution < 1.29 is 14.0 Å². The van der Waals surface area contributed by atoms with Crippen molar-refractivity contribution in [2.24, 2.45) is 5.92 Å². The number of thioether (sulfide) groups is 1. The van der Waals surface area contributed by atoms with Crippen molar-refractivity contribution in [2.45, 2.75) is 32.1 Å². The van der Waals surface area contributed by atoms with Gasteiger partial charge in [0.25, 0.3) is 0 Å². The Labute approximate surface area is 242 Å². The number of fused-ring (bicyclic) bond motifs is 1. The quantitative estimate of drug-likeness (QED) is 0.267. The van der Waals surface area contributed by atoms with Gasteiger partial charge in [0.05, 0.1) is 22.4 Å². The Morgan fingerprint density at radius 1 is 1.05 bits per heavy atom. The Bertz CT molecular complexity index is 1520. The smallest absolute Gasteiger partial charge is 0.240 e. The molecule has 1 aromatic heterocycles. The average Bonchev–Trinajstić information content (AvgIpc) is 3.27. The highest BCUT2D eigenvalue weighted by Gasteiger charge is 2.38. The first-order valence-electron chi connectivity index (χ1n) is 13.1. The third-order valence-corrected chi connectivity index (χ3v) is 8.67. The minimum Gasteiger partial charge on any atom is -0.352 e. The van der Waals surface area contributed by atoms with Crippen LogP contribution in [0.1, 0.15) is 37.1 Å². The molecule has 6 nitrogen and oxygen atoms in total. The Morgan fingerprint density at radius 2 is 1.73 bits per heavy atom. The maximum absolute atomic E-state index is 13.9. The van der Waals surface area contributed by atoms with Gasteiger partial charge in [-0.3, -0.25) is 14.5 Å². The van der Waals surface area contributed by atoms with Gasteiger partial charge in [-0.1, -0.05) is 74.0 Å². The molecule has 206 valence electrons. The van der Waals surface area contributed by atoms with Gasteiger partial charge in [-0.15, -0.1) is 11.8 Å². The molecule has 0 bridgehead atoms. The molecule has 0 fully saturated rings. The summed E-state index contributed by atoms with van der Waals surface area (Å²) < 4.78 is 15.6. The van der Waals surface area contributed by atoms with E-state index >= 15 is 0 Å². The highest BCUT2D eigenvalue weighted by molar-refractivity contribution is 8.00. The first-order valence-corrected chi connectivity index (χ1v) is 14.6. The second-order valence-electron chi connectivity index (χ2n) is 10.1. The lowest BCUT2D eigenvalue weighted by Crippen LogP contribution is -2.46. The van der Waals surface area contributed by atoms with Crippen LogP contribution in [0.2, 0.25) is 5.02 Å². The minimum atomic E-state index is -0.384. The fourth-order valence-electron chi connectivity index (χ4n) is 4.63. The van der Waals surface area contributed by atoms with E-state index in [0.29, 0.717) is 22.2 Å². The monoisotopic (exact) mass is 576 g/mol. The number of carbonyl (C=O) groups is 2. The molecule has 0 saturated carbocycles. The highest BCUT2D eigenvalue weighted by atomic mass is 35.5. The summed E-state index contributed by atoms with van der Waals surface area (Å²) in [5.74, 6) is -0.0443. The molecular formula is C31H30ClFN4O2S. The number of amides is 2. The first-order chi connectivity index (χ1) is 19.2. The second kappa shape index (κ2) is 11.9. The van der Waals surface area contributed by atoms with E-state index in [-0.39, 0.29) is 47.1 Å². The van der Waals surface area contributed by atoms with Crippen molar-refractivity contribution in [1.82, 2.24) is 15.1 Å². The van der Waals surface area contributed by atoms with Crippen molar-refractivity contribution in [2.75, 3.05) is 17.2 Å². The van der Waals surface area contributed by atoms with Crippen LogP contribution in [0.4, 0.5) is 10.2 Å². The van der Waals surface area contributed by atoms with E-state index in [4.69, 9.17) is 16.7 Å². The van der Waals surface area contributed by atoms with Crippen molar-refractivity contribution in [3.63, 3.8) is 0 Å². The van der Waals surface area contributed by atoms with Crippen LogP contribution < -0.4 is 10.2 Å². The molecule has 2 atom stereocenters. The number of hydrogen-bond donors (Lipinski definition) is 1. The number of nitrogens with zero attached hydrogens (tertiary/aromatic N) is 3. The molecule has 2 heterocycles. The van der Waals surface area contributed by atoms with E-state index in [0.717, 1.165) is 16.7 Å². The van der Waals surface area contributed by atoms with Crippen LogP contribution in [-0.2, 0) is 9.59 Å². The standard InChI is InChI=1S/C31H30ClFN4O2S/c1-19(2)20(3)34-26(38)17-36-27(39)18-40-30(24-11-7-8-12-25(24)32)28-29(21-9-5-4-6-10-21)35-37(31(28)36)23-15-13-22(33)14-16-23/h4-16,19-20,30H,17-18H2,1-3H3,(H,34,38). The van der Waals surface area contributed by atoms with Crippen LogP contribution in [0.5, 0.6) is 0 Å². The van der Waals surface area contributed by atoms with Gasteiger partial charge in [0.15, 0.2) is 0 Å². The normalized spacial score (nSPS) is 16.0. The number of carbonyl (C=O) groups excluding carboxylic acids is 2. The van der Waals surface area contributed by atoms with E-state index in [1.165, 1.54) is 28.8 Å². The molecular weight excluding hydrogens is 547 g/mol. The molecule has 1 N–H and O–H groups in total. The number of nitrogens with one attached hydrogen (secondary N) is 1. The van der Waals surface area contributed by atoms with Crippen LogP contribution in [0.3, 0.4) is 0 Å². The lowest BCUT2D eigenvalue weighted by atomic mass is 9.99. The third-order valence-electron chi connectivity index (χ3n) is 7.09. The molecule has 40 heavy (non-hydrogen) atoms. The number of halogens is 2. The summed E-state index contributed by atoms with van der Waals surface area (Å²) >= 11 is 8.17. The zero-order chi connectivity index (χ0) is 28.4. The Morgan fingerprint density at radius 3 is 2.40 bits per heavy atom. The maximum atomic E-state index is 13.9. The van der Waals surface area contributed by atoms with Gasteiger partial charge in [-0.05, 0) is 48.7 Å². The lowest BCUT2D eigenvalue weighted by molar-refractivity contribution is -0.123. The van der Waals surface area contributed by atoms with Crippen LogP contribution in [0.25, 0.3) is 16.9 Å². The largest absolute Gasteiger partial charge is 0.352 e. The van der Waals surface area contributed by atoms with Crippen molar-refractivity contribution in [3.8, 4) is 16.9 Å². The number of rotatable bonds is 7. The minimum absolute atomic E-state index is 0.0683. The summed E-state index contributed by atoms with van der Waals surface area (Å²) in [7, 11) is 0. The van der Waals surface area contributed by atoms with Crippen molar-refractivity contribution in [3.05, 3.63) is 101 Å². The molecule has 4 aromatic rings. The van der Waals surface area contributed by atoms with Gasteiger partial charge in [-0.25, -0.2) is 9.07 Å². The molecule has 9 heteroatoms. The van der Waals surface area contributed by atoms with E-state index < -0.39 is 0 Å². The van der Waals surface area contributed by atoms with Gasteiger partial charge >= 0.3 is 0 Å². The molecule has 0 radical (unpaired) electrons. The van der Waals surface area contributed by atoms with Crippen molar-refractivity contribution >= 4 is 41.0 Å². The molecule has 0 aliphatic carbocycles. The zero-order valence-electron chi connectivity index (χ0n) is 22.5. The number of aromatic nitrogens is 2. The number of anilines is 1. The van der Waals surface area contributed by atoms with Crippen LogP contribution >= 0.6 is 23.4 Å². The van der Waals surface area contributed by atoms with Crippen molar-refractivity contribution in [1.29, 1.82) is 0 Å². The number of hydrogen-bond acceptors (Lipinski definition) is 4. The van der Waals surface area contributed by atoms with Gasteiger partial charge < -0.3 is 5.32 Å². The molecule has 0 spiro atoms. The van der Waals surface area contributed by atoms with Gasteiger partial charge in [0.2, 0.25) is 11.8 Å². The average molecular weight is 577 g/mol. The zero-order valence-corrected chi connectivity index (χ0v) is 24.0. The van der Waals surface area contributed by atoms with E-state index in [9.17, 15) is 14.0 Å². The Hall–Kier alpha value is -3.62. The predicted molar refractivity (Wildman–Crippen MR) is 160 cm³/mol. The fourth-order valence-corrected chi connectivity index (χ4v) is 6.18. The molecule has 2 unspecified atom stereocenters. The van der Waals surface area contributed by atoms with Crippen LogP contribution in [0.15, 0.2) is 78.9 Å².